The molecule has 1 N–H and O–H groups in total. The molecule has 0 aromatic rings. The molecule has 0 aliphatic carbocycles. The molecule has 0 saturated carbocycles. The second kappa shape index (κ2) is 5.95. The van der Waals surface area contributed by atoms with E-state index in [-0.39, 0.29) is 26.4 Å². The predicted molar refractivity (Wildman–Crippen MR) is 55.6 cm³/mol. The minimum absolute atomic E-state index is 0.272. The molecule has 0 aromatic heterocycles. The average molecular weight is 228 g/mol. The van der Waals surface area contributed by atoms with Gasteiger partial charge in [0.1, 0.15) is 0 Å². The standard InChI is InChI=1S/C8H21O5P/c1-5-10-14(9,11-6-2,12-7-3)13-8-4/h9H,5-8H2,1-4H3. The first-order valence-corrected chi connectivity index (χ1v) is 6.77. The van der Waals surface area contributed by atoms with Crippen LogP contribution in [0.2, 0.25) is 0 Å². The van der Waals surface area contributed by atoms with Crippen LogP contribution in [0.1, 0.15) is 27.7 Å². The van der Waals surface area contributed by atoms with Crippen LogP contribution in [-0.4, -0.2) is 31.3 Å². The zero-order valence-electron chi connectivity index (χ0n) is 9.36. The van der Waals surface area contributed by atoms with Crippen LogP contribution < -0.4 is 0 Å². The number of rotatable bonds is 8. The van der Waals surface area contributed by atoms with E-state index in [9.17, 15) is 4.89 Å². The molecule has 14 heavy (non-hydrogen) atoms. The Morgan fingerprint density at radius 2 is 0.929 bits per heavy atom. The average Bonchev–Trinajstić information content (AvgIpc) is 2.05. The van der Waals surface area contributed by atoms with Crippen LogP contribution >= 0.6 is 7.74 Å². The van der Waals surface area contributed by atoms with E-state index in [0.717, 1.165) is 0 Å². The molecule has 0 fully saturated rings. The molecule has 0 aliphatic heterocycles. The molecule has 0 atom stereocenters. The summed E-state index contributed by atoms with van der Waals surface area (Å²) in [6, 6.07) is 0. The first-order chi connectivity index (χ1) is 6.54. The first-order valence-electron chi connectivity index (χ1n) is 4.91. The number of hydrogen-bond acceptors (Lipinski definition) is 5. The molecule has 0 radical (unpaired) electrons. The Bertz CT molecular complexity index is 128. The van der Waals surface area contributed by atoms with E-state index in [1.165, 1.54) is 0 Å². The molecule has 0 aromatic carbocycles. The Hall–Kier alpha value is 0.230. The Balaban J connectivity index is 4.69. The van der Waals surface area contributed by atoms with Crippen molar-refractivity contribution < 1.29 is 23.0 Å². The van der Waals surface area contributed by atoms with Gasteiger partial charge in [-0.2, -0.15) is 0 Å². The Labute approximate surface area is 85.6 Å². The molecule has 0 bridgehead atoms. The summed E-state index contributed by atoms with van der Waals surface area (Å²) in [5.41, 5.74) is 0. The third-order valence-electron chi connectivity index (χ3n) is 1.38. The monoisotopic (exact) mass is 228 g/mol. The molecule has 0 heterocycles. The minimum atomic E-state index is -4.27. The molecule has 0 saturated heterocycles. The predicted octanol–water partition coefficient (Wildman–Crippen LogP) is 2.25. The molecule has 5 nitrogen and oxygen atoms in total. The quantitative estimate of drug-likeness (QED) is 0.646. The van der Waals surface area contributed by atoms with E-state index in [0.29, 0.717) is 0 Å². The van der Waals surface area contributed by atoms with E-state index in [1.54, 1.807) is 27.7 Å². The van der Waals surface area contributed by atoms with Crippen LogP contribution in [0, 0.1) is 0 Å². The first kappa shape index (κ1) is 14.2. The van der Waals surface area contributed by atoms with Crippen molar-refractivity contribution >= 4 is 7.74 Å². The van der Waals surface area contributed by atoms with E-state index in [4.69, 9.17) is 18.1 Å². The molecule has 0 rings (SSSR count). The fourth-order valence-corrected chi connectivity index (χ4v) is 3.26. The molecule has 0 aliphatic rings. The normalized spacial score (nSPS) is 15.1. The van der Waals surface area contributed by atoms with Gasteiger partial charge in [0.25, 0.3) is 0 Å². The van der Waals surface area contributed by atoms with Gasteiger partial charge in [-0.05, 0) is 0 Å². The maximum absolute atomic E-state index is 10.2. The van der Waals surface area contributed by atoms with Gasteiger partial charge in [-0.3, -0.25) is 0 Å². The molecule has 6 heteroatoms. The van der Waals surface area contributed by atoms with E-state index in [1.807, 2.05) is 0 Å². The van der Waals surface area contributed by atoms with Gasteiger partial charge in [0.2, 0.25) is 0 Å². The summed E-state index contributed by atoms with van der Waals surface area (Å²) in [6.45, 7) is 8.07. The summed E-state index contributed by atoms with van der Waals surface area (Å²) < 4.78 is 20.6. The molecule has 88 valence electrons. The molecule has 0 spiro atoms. The van der Waals surface area contributed by atoms with Gasteiger partial charge in [0.15, 0.2) is 0 Å². The van der Waals surface area contributed by atoms with Gasteiger partial charge >= 0.3 is 84.8 Å². The van der Waals surface area contributed by atoms with Crippen molar-refractivity contribution in [2.45, 2.75) is 27.7 Å². The van der Waals surface area contributed by atoms with Crippen molar-refractivity contribution in [3.63, 3.8) is 0 Å². The summed E-state index contributed by atoms with van der Waals surface area (Å²) in [7, 11) is -4.27. The third kappa shape index (κ3) is 3.77. The van der Waals surface area contributed by atoms with Crippen molar-refractivity contribution in [2.24, 2.45) is 0 Å². The van der Waals surface area contributed by atoms with E-state index >= 15 is 0 Å². The zero-order valence-corrected chi connectivity index (χ0v) is 10.3. The molecular formula is C8H21O5P. The van der Waals surface area contributed by atoms with Crippen molar-refractivity contribution in [1.82, 2.24) is 0 Å². The second-order valence-electron chi connectivity index (χ2n) is 2.44. The Morgan fingerprint density at radius 1 is 0.714 bits per heavy atom. The van der Waals surface area contributed by atoms with Crippen LogP contribution in [0.5, 0.6) is 0 Å². The molecular weight excluding hydrogens is 207 g/mol. The van der Waals surface area contributed by atoms with Gasteiger partial charge in [-0.15, -0.1) is 0 Å². The summed E-state index contributed by atoms with van der Waals surface area (Å²) in [5, 5.41) is 0. The SMILES string of the molecule is CCOP(O)(OCC)(OCC)OCC. The van der Waals surface area contributed by atoms with Gasteiger partial charge in [0.05, 0.1) is 0 Å². The zero-order chi connectivity index (χ0) is 11.1. The Morgan fingerprint density at radius 3 is 1.07 bits per heavy atom. The fraction of sp³-hybridized carbons (Fsp3) is 1.00. The van der Waals surface area contributed by atoms with Crippen LogP contribution in [-0.2, 0) is 18.1 Å². The van der Waals surface area contributed by atoms with Crippen LogP contribution in [0.25, 0.3) is 0 Å². The van der Waals surface area contributed by atoms with Crippen LogP contribution in [0.15, 0.2) is 0 Å². The molecule has 0 unspecified atom stereocenters. The summed E-state index contributed by atoms with van der Waals surface area (Å²) in [5.74, 6) is 0. The van der Waals surface area contributed by atoms with Gasteiger partial charge in [0, 0.05) is 0 Å². The summed E-state index contributed by atoms with van der Waals surface area (Å²) in [4.78, 5) is 10.2. The second-order valence-corrected chi connectivity index (χ2v) is 5.03. The van der Waals surface area contributed by atoms with Gasteiger partial charge < -0.3 is 0 Å². The van der Waals surface area contributed by atoms with Crippen molar-refractivity contribution in [2.75, 3.05) is 26.4 Å². The number of hydrogen-bond donors (Lipinski definition) is 1. The maximum atomic E-state index is 10.2. The summed E-state index contributed by atoms with van der Waals surface area (Å²) >= 11 is 0. The van der Waals surface area contributed by atoms with Crippen molar-refractivity contribution in [3.05, 3.63) is 0 Å². The summed E-state index contributed by atoms with van der Waals surface area (Å²) in [6.07, 6.45) is 0. The fourth-order valence-electron chi connectivity index (χ4n) is 1.09. The topological polar surface area (TPSA) is 57.2 Å². The van der Waals surface area contributed by atoms with Crippen LogP contribution in [0.4, 0.5) is 0 Å². The van der Waals surface area contributed by atoms with Crippen LogP contribution in [0.3, 0.4) is 0 Å². The van der Waals surface area contributed by atoms with Crippen molar-refractivity contribution in [3.8, 4) is 0 Å². The van der Waals surface area contributed by atoms with E-state index in [2.05, 4.69) is 0 Å². The van der Waals surface area contributed by atoms with E-state index < -0.39 is 7.74 Å². The van der Waals surface area contributed by atoms with Gasteiger partial charge in [-0.1, -0.05) is 0 Å². The van der Waals surface area contributed by atoms with Crippen molar-refractivity contribution in [1.29, 1.82) is 0 Å². The van der Waals surface area contributed by atoms with Gasteiger partial charge in [-0.25, -0.2) is 0 Å². The Kier molecular flexibility index (Phi) is 6.05. The molecule has 0 amide bonds. The third-order valence-corrected chi connectivity index (χ3v) is 4.14.